The summed E-state index contributed by atoms with van der Waals surface area (Å²) in [4.78, 5) is 33.5. The molecule has 3 aromatic rings. The zero-order valence-electron chi connectivity index (χ0n) is 17.9. The summed E-state index contributed by atoms with van der Waals surface area (Å²) in [7, 11) is 0. The topological polar surface area (TPSA) is 96.0 Å². The van der Waals surface area contributed by atoms with Crippen molar-refractivity contribution in [1.82, 2.24) is 15.3 Å². The molecule has 2 aromatic carbocycles. The Labute approximate surface area is 191 Å². The summed E-state index contributed by atoms with van der Waals surface area (Å²) >= 11 is 6.10. The zero-order valence-corrected chi connectivity index (χ0v) is 18.7. The van der Waals surface area contributed by atoms with Crippen LogP contribution in [0.5, 0.6) is 0 Å². The third-order valence-corrected chi connectivity index (χ3v) is 5.37. The molecule has 0 saturated heterocycles. The van der Waals surface area contributed by atoms with Crippen molar-refractivity contribution in [2.75, 3.05) is 17.2 Å². The minimum absolute atomic E-state index is 0.0917. The van der Waals surface area contributed by atoms with E-state index in [4.69, 9.17) is 11.6 Å². The van der Waals surface area contributed by atoms with Gasteiger partial charge < -0.3 is 16.0 Å². The highest BCUT2D eigenvalue weighted by atomic mass is 35.5. The van der Waals surface area contributed by atoms with Gasteiger partial charge in [-0.1, -0.05) is 25.4 Å². The molecule has 0 aliphatic carbocycles. The van der Waals surface area contributed by atoms with Crippen LogP contribution in [0, 0.1) is 5.92 Å². The monoisotopic (exact) mass is 449 g/mol. The maximum Gasteiger partial charge on any atom is 0.251 e. The van der Waals surface area contributed by atoms with Gasteiger partial charge in [-0.3, -0.25) is 9.59 Å². The van der Waals surface area contributed by atoms with Crippen molar-refractivity contribution in [2.24, 2.45) is 5.92 Å². The highest BCUT2D eigenvalue weighted by Crippen LogP contribution is 2.34. The molecule has 0 saturated carbocycles. The van der Waals surface area contributed by atoms with Gasteiger partial charge in [0, 0.05) is 40.1 Å². The highest BCUT2D eigenvalue weighted by Gasteiger charge is 2.21. The number of carbonyl (C=O) groups excluding carboxylic acids is 2. The number of amides is 2. The van der Waals surface area contributed by atoms with Crippen LogP contribution in [0.1, 0.15) is 36.2 Å². The average molecular weight is 450 g/mol. The van der Waals surface area contributed by atoms with Gasteiger partial charge in [0.05, 0.1) is 17.8 Å². The molecule has 0 radical (unpaired) electrons. The van der Waals surface area contributed by atoms with E-state index in [9.17, 15) is 9.59 Å². The standard InChI is InChI=1S/C24H24ClN5O2/c1-14(2)9-10-26-23(32)15-3-6-18(7-4-15)28-24-27-13-16-11-21(31)29-20-12-17(25)5-8-19(20)22(16)30-24/h3-8,12-14H,9-11H2,1-2H3,(H,26,32)(H,29,31)(H,27,28,30). The Balaban J connectivity index is 1.52. The van der Waals surface area contributed by atoms with Crippen LogP contribution in [-0.2, 0) is 11.2 Å². The van der Waals surface area contributed by atoms with E-state index in [2.05, 4.69) is 39.8 Å². The largest absolute Gasteiger partial charge is 0.352 e. The maximum atomic E-state index is 12.3. The van der Waals surface area contributed by atoms with Crippen LogP contribution in [0.3, 0.4) is 0 Å². The molecule has 0 spiro atoms. The van der Waals surface area contributed by atoms with E-state index in [0.29, 0.717) is 40.4 Å². The van der Waals surface area contributed by atoms with Gasteiger partial charge in [-0.25, -0.2) is 9.97 Å². The van der Waals surface area contributed by atoms with Gasteiger partial charge >= 0.3 is 0 Å². The van der Waals surface area contributed by atoms with Crippen molar-refractivity contribution >= 4 is 40.7 Å². The number of halogens is 1. The summed E-state index contributed by atoms with van der Waals surface area (Å²) in [6.07, 6.45) is 2.78. The number of anilines is 3. The summed E-state index contributed by atoms with van der Waals surface area (Å²) in [6, 6.07) is 12.5. The fourth-order valence-electron chi connectivity index (χ4n) is 3.43. The lowest BCUT2D eigenvalue weighted by Gasteiger charge is -2.11. The van der Waals surface area contributed by atoms with Crippen LogP contribution in [0.2, 0.25) is 5.02 Å². The number of rotatable bonds is 6. The summed E-state index contributed by atoms with van der Waals surface area (Å²) in [6.45, 7) is 4.90. The molecular weight excluding hydrogens is 426 g/mol. The maximum absolute atomic E-state index is 12.3. The molecule has 0 bridgehead atoms. The molecule has 8 heteroatoms. The van der Waals surface area contributed by atoms with Crippen molar-refractivity contribution < 1.29 is 9.59 Å². The van der Waals surface area contributed by atoms with Crippen LogP contribution in [0.25, 0.3) is 11.3 Å². The molecule has 1 aliphatic heterocycles. The fourth-order valence-corrected chi connectivity index (χ4v) is 3.61. The molecule has 3 N–H and O–H groups in total. The second-order valence-corrected chi connectivity index (χ2v) is 8.56. The van der Waals surface area contributed by atoms with E-state index in [-0.39, 0.29) is 18.2 Å². The van der Waals surface area contributed by atoms with E-state index in [1.54, 1.807) is 30.5 Å². The molecular formula is C24H24ClN5O2. The number of carbonyl (C=O) groups is 2. The average Bonchev–Trinajstić information content (AvgIpc) is 2.88. The lowest BCUT2D eigenvalue weighted by Crippen LogP contribution is -2.25. The number of aromatic nitrogens is 2. The molecule has 0 fully saturated rings. The van der Waals surface area contributed by atoms with E-state index >= 15 is 0 Å². The number of hydrogen-bond donors (Lipinski definition) is 3. The van der Waals surface area contributed by atoms with Gasteiger partial charge in [0.2, 0.25) is 11.9 Å². The quantitative estimate of drug-likeness (QED) is 0.501. The second-order valence-electron chi connectivity index (χ2n) is 8.12. The van der Waals surface area contributed by atoms with Crippen molar-refractivity contribution in [2.45, 2.75) is 26.7 Å². The van der Waals surface area contributed by atoms with Crippen molar-refractivity contribution in [3.63, 3.8) is 0 Å². The Morgan fingerprint density at radius 3 is 2.72 bits per heavy atom. The molecule has 2 amide bonds. The van der Waals surface area contributed by atoms with Crippen molar-refractivity contribution in [1.29, 1.82) is 0 Å². The van der Waals surface area contributed by atoms with Crippen LogP contribution in [0.4, 0.5) is 17.3 Å². The zero-order chi connectivity index (χ0) is 22.7. The first kappa shape index (κ1) is 21.8. The number of nitrogens with one attached hydrogen (secondary N) is 3. The number of nitrogens with zero attached hydrogens (tertiary/aromatic N) is 2. The molecule has 0 atom stereocenters. The minimum atomic E-state index is -0.140. The van der Waals surface area contributed by atoms with Gasteiger partial charge in [0.15, 0.2) is 0 Å². The Kier molecular flexibility index (Phi) is 6.37. The molecule has 1 aliphatic rings. The van der Waals surface area contributed by atoms with Crippen LogP contribution < -0.4 is 16.0 Å². The Morgan fingerprint density at radius 2 is 1.97 bits per heavy atom. The van der Waals surface area contributed by atoms with E-state index in [0.717, 1.165) is 23.2 Å². The Morgan fingerprint density at radius 1 is 1.19 bits per heavy atom. The molecule has 4 rings (SSSR count). The summed E-state index contributed by atoms with van der Waals surface area (Å²) in [5, 5.41) is 9.50. The van der Waals surface area contributed by atoms with Crippen molar-refractivity contribution in [3.8, 4) is 11.3 Å². The Bertz CT molecular complexity index is 1160. The smallest absolute Gasteiger partial charge is 0.251 e. The first-order chi connectivity index (χ1) is 15.4. The van der Waals surface area contributed by atoms with Crippen molar-refractivity contribution in [3.05, 3.63) is 64.8 Å². The van der Waals surface area contributed by atoms with Crippen LogP contribution in [-0.4, -0.2) is 28.3 Å². The van der Waals surface area contributed by atoms with Crippen LogP contribution >= 0.6 is 11.6 Å². The third-order valence-electron chi connectivity index (χ3n) is 5.14. The molecule has 32 heavy (non-hydrogen) atoms. The normalized spacial score (nSPS) is 12.4. The van der Waals surface area contributed by atoms with E-state index < -0.39 is 0 Å². The predicted octanol–water partition coefficient (Wildman–Crippen LogP) is 4.81. The van der Waals surface area contributed by atoms with E-state index in [1.165, 1.54) is 0 Å². The number of benzene rings is 2. The van der Waals surface area contributed by atoms with E-state index in [1.807, 2.05) is 18.2 Å². The first-order valence-electron chi connectivity index (χ1n) is 10.5. The van der Waals surface area contributed by atoms with Gasteiger partial charge in [-0.15, -0.1) is 0 Å². The van der Waals surface area contributed by atoms with Crippen LogP contribution in [0.15, 0.2) is 48.7 Å². The lowest BCUT2D eigenvalue weighted by molar-refractivity contribution is -0.115. The highest BCUT2D eigenvalue weighted by molar-refractivity contribution is 6.31. The fraction of sp³-hybridized carbons (Fsp3) is 0.250. The summed E-state index contributed by atoms with van der Waals surface area (Å²) in [5.74, 6) is 0.707. The molecule has 2 heterocycles. The lowest BCUT2D eigenvalue weighted by atomic mass is 10.1. The third kappa shape index (κ3) is 5.06. The Hall–Kier alpha value is -3.45. The first-order valence-corrected chi connectivity index (χ1v) is 10.9. The van der Waals surface area contributed by atoms with Gasteiger partial charge in [0.25, 0.3) is 5.91 Å². The SMILES string of the molecule is CC(C)CCNC(=O)c1ccc(Nc2ncc3c(n2)-c2ccc(Cl)cc2NC(=O)C3)cc1. The van der Waals surface area contributed by atoms with Gasteiger partial charge in [-0.2, -0.15) is 0 Å². The minimum Gasteiger partial charge on any atom is -0.352 e. The van der Waals surface area contributed by atoms with Gasteiger partial charge in [0.1, 0.15) is 0 Å². The number of hydrogen-bond acceptors (Lipinski definition) is 5. The predicted molar refractivity (Wildman–Crippen MR) is 126 cm³/mol. The molecule has 164 valence electrons. The van der Waals surface area contributed by atoms with Gasteiger partial charge in [-0.05, 0) is 54.8 Å². The summed E-state index contributed by atoms with van der Waals surface area (Å²) < 4.78 is 0. The molecule has 7 nitrogen and oxygen atoms in total. The second kappa shape index (κ2) is 9.36. The summed E-state index contributed by atoms with van der Waals surface area (Å²) in [5.41, 5.74) is 4.17. The number of fused-ring (bicyclic) bond motifs is 3. The molecule has 1 aromatic heterocycles. The molecule has 0 unspecified atom stereocenters.